The SMILES string of the molecule is CC(=O)Nc1ccc(Oc2ccncc2)cc1.CN=Cc1ccc(F)cc1. The van der Waals surface area contributed by atoms with Crippen LogP contribution in [-0.4, -0.2) is 24.2 Å². The van der Waals surface area contributed by atoms with Crippen molar-refractivity contribution in [2.24, 2.45) is 4.99 Å². The Balaban J connectivity index is 0.000000223. The average molecular weight is 365 g/mol. The van der Waals surface area contributed by atoms with Crippen LogP contribution in [0, 0.1) is 5.82 Å². The minimum atomic E-state index is -0.215. The van der Waals surface area contributed by atoms with Gasteiger partial charge < -0.3 is 10.1 Å². The second kappa shape index (κ2) is 10.5. The summed E-state index contributed by atoms with van der Waals surface area (Å²) in [7, 11) is 1.68. The summed E-state index contributed by atoms with van der Waals surface area (Å²) in [5.41, 5.74) is 1.67. The lowest BCUT2D eigenvalue weighted by molar-refractivity contribution is -0.114. The number of pyridine rings is 1. The van der Waals surface area contributed by atoms with E-state index in [0.717, 1.165) is 17.0 Å². The number of amides is 1. The average Bonchev–Trinajstić information content (AvgIpc) is 2.66. The number of ether oxygens (including phenoxy) is 1. The smallest absolute Gasteiger partial charge is 0.221 e. The Morgan fingerprint density at radius 1 is 1.00 bits per heavy atom. The van der Waals surface area contributed by atoms with Crippen molar-refractivity contribution in [1.82, 2.24) is 4.98 Å². The van der Waals surface area contributed by atoms with Crippen molar-refractivity contribution in [3.8, 4) is 11.5 Å². The molecule has 0 radical (unpaired) electrons. The highest BCUT2D eigenvalue weighted by Gasteiger charge is 1.98. The van der Waals surface area contributed by atoms with Crippen LogP contribution in [0.25, 0.3) is 0 Å². The highest BCUT2D eigenvalue weighted by molar-refractivity contribution is 5.88. The fourth-order valence-corrected chi connectivity index (χ4v) is 2.05. The van der Waals surface area contributed by atoms with Gasteiger partial charge in [0.25, 0.3) is 0 Å². The van der Waals surface area contributed by atoms with Gasteiger partial charge in [-0.2, -0.15) is 0 Å². The van der Waals surface area contributed by atoms with Crippen molar-refractivity contribution in [1.29, 1.82) is 0 Å². The minimum absolute atomic E-state index is 0.0900. The maximum absolute atomic E-state index is 12.3. The number of nitrogens with one attached hydrogen (secondary N) is 1. The Hall–Kier alpha value is -3.54. The van der Waals surface area contributed by atoms with Crippen LogP contribution in [0.5, 0.6) is 11.5 Å². The van der Waals surface area contributed by atoms with Gasteiger partial charge in [0.05, 0.1) is 0 Å². The first-order valence-electron chi connectivity index (χ1n) is 8.20. The van der Waals surface area contributed by atoms with E-state index in [0.29, 0.717) is 5.75 Å². The number of hydrogen-bond acceptors (Lipinski definition) is 4. The second-order valence-electron chi connectivity index (χ2n) is 5.43. The van der Waals surface area contributed by atoms with Gasteiger partial charge in [-0.1, -0.05) is 12.1 Å². The molecule has 1 aromatic heterocycles. The first-order valence-corrected chi connectivity index (χ1v) is 8.20. The molecule has 6 heteroatoms. The van der Waals surface area contributed by atoms with E-state index in [2.05, 4.69) is 15.3 Å². The molecule has 0 spiro atoms. The van der Waals surface area contributed by atoms with Gasteiger partial charge in [-0.25, -0.2) is 4.39 Å². The standard InChI is InChI=1S/C13H12N2O2.C8H8FN/c1-10(16)15-11-2-4-12(5-3-11)17-13-6-8-14-9-7-13;1-10-6-7-2-4-8(9)5-3-7/h2-9H,1H3,(H,15,16);2-6H,1H3. The van der Waals surface area contributed by atoms with Gasteiger partial charge in [-0.15, -0.1) is 0 Å². The number of benzene rings is 2. The van der Waals surface area contributed by atoms with Crippen LogP contribution in [-0.2, 0) is 4.79 Å². The fourth-order valence-electron chi connectivity index (χ4n) is 2.05. The van der Waals surface area contributed by atoms with Crippen molar-refractivity contribution >= 4 is 17.8 Å². The van der Waals surface area contributed by atoms with Crippen molar-refractivity contribution < 1.29 is 13.9 Å². The lowest BCUT2D eigenvalue weighted by Crippen LogP contribution is -2.05. The number of carbonyl (C=O) groups excluding carboxylic acids is 1. The molecule has 1 heterocycles. The Morgan fingerprint density at radius 3 is 2.15 bits per heavy atom. The monoisotopic (exact) mass is 365 g/mol. The molecule has 5 nitrogen and oxygen atoms in total. The first kappa shape index (κ1) is 19.8. The molecule has 2 aromatic carbocycles. The number of halogens is 1. The molecule has 1 amide bonds. The maximum Gasteiger partial charge on any atom is 0.221 e. The number of aromatic nitrogens is 1. The van der Waals surface area contributed by atoms with E-state index in [9.17, 15) is 9.18 Å². The predicted molar refractivity (Wildman–Crippen MR) is 105 cm³/mol. The number of nitrogens with zero attached hydrogens (tertiary/aromatic N) is 2. The van der Waals surface area contributed by atoms with Crippen LogP contribution in [0.15, 0.2) is 78.0 Å². The van der Waals surface area contributed by atoms with E-state index in [1.807, 2.05) is 0 Å². The molecule has 3 rings (SSSR count). The van der Waals surface area contributed by atoms with Crippen LogP contribution >= 0.6 is 0 Å². The second-order valence-corrected chi connectivity index (χ2v) is 5.43. The first-order chi connectivity index (χ1) is 13.1. The summed E-state index contributed by atoms with van der Waals surface area (Å²) in [6.45, 7) is 1.47. The zero-order valence-electron chi connectivity index (χ0n) is 15.1. The van der Waals surface area contributed by atoms with Crippen LogP contribution in [0.1, 0.15) is 12.5 Å². The molecular weight excluding hydrogens is 345 g/mol. The molecule has 3 aromatic rings. The van der Waals surface area contributed by atoms with E-state index < -0.39 is 0 Å². The molecule has 0 aliphatic carbocycles. The highest BCUT2D eigenvalue weighted by atomic mass is 19.1. The lowest BCUT2D eigenvalue weighted by atomic mass is 10.2. The Bertz CT molecular complexity index is 864. The van der Waals surface area contributed by atoms with E-state index in [1.54, 1.807) is 74.2 Å². The summed E-state index contributed by atoms with van der Waals surface area (Å²) in [5, 5.41) is 2.69. The van der Waals surface area contributed by atoms with Gasteiger partial charge in [0.1, 0.15) is 17.3 Å². The third kappa shape index (κ3) is 7.48. The molecular formula is C21H20FN3O2. The summed E-state index contributed by atoms with van der Waals surface area (Å²) >= 11 is 0. The molecule has 0 aliphatic rings. The Morgan fingerprint density at radius 2 is 1.59 bits per heavy atom. The summed E-state index contributed by atoms with van der Waals surface area (Å²) in [6, 6.07) is 16.9. The zero-order chi connectivity index (χ0) is 19.5. The third-order valence-electron chi connectivity index (χ3n) is 3.21. The van der Waals surface area contributed by atoms with Gasteiger partial charge >= 0.3 is 0 Å². The van der Waals surface area contributed by atoms with Gasteiger partial charge in [-0.3, -0.25) is 14.8 Å². The summed E-state index contributed by atoms with van der Waals surface area (Å²) in [4.78, 5) is 18.5. The van der Waals surface area contributed by atoms with Gasteiger partial charge in [0.2, 0.25) is 5.91 Å². The Labute approximate surface area is 157 Å². The molecule has 138 valence electrons. The van der Waals surface area contributed by atoms with Crippen LogP contribution in [0.3, 0.4) is 0 Å². The molecule has 27 heavy (non-hydrogen) atoms. The summed E-state index contributed by atoms with van der Waals surface area (Å²) < 4.78 is 17.9. The van der Waals surface area contributed by atoms with E-state index >= 15 is 0 Å². The molecule has 0 fully saturated rings. The van der Waals surface area contributed by atoms with Crippen molar-refractivity contribution in [2.75, 3.05) is 12.4 Å². The zero-order valence-corrected chi connectivity index (χ0v) is 15.1. The third-order valence-corrected chi connectivity index (χ3v) is 3.21. The summed E-state index contributed by atoms with van der Waals surface area (Å²) in [5.74, 6) is 1.14. The molecule has 0 unspecified atom stereocenters. The quantitative estimate of drug-likeness (QED) is 0.681. The van der Waals surface area contributed by atoms with Crippen LogP contribution in [0.2, 0.25) is 0 Å². The largest absolute Gasteiger partial charge is 0.457 e. The topological polar surface area (TPSA) is 63.6 Å². The van der Waals surface area contributed by atoms with E-state index in [1.165, 1.54) is 19.1 Å². The number of anilines is 1. The molecule has 0 saturated carbocycles. The van der Waals surface area contributed by atoms with Gasteiger partial charge in [-0.05, 0) is 54.1 Å². The lowest BCUT2D eigenvalue weighted by Gasteiger charge is -2.06. The number of aliphatic imine (C=N–C) groups is 1. The van der Waals surface area contributed by atoms with Crippen LogP contribution in [0.4, 0.5) is 10.1 Å². The van der Waals surface area contributed by atoms with Crippen molar-refractivity contribution in [3.63, 3.8) is 0 Å². The molecule has 1 N–H and O–H groups in total. The number of hydrogen-bond donors (Lipinski definition) is 1. The molecule has 0 bridgehead atoms. The summed E-state index contributed by atoms with van der Waals surface area (Å²) in [6.07, 6.45) is 5.02. The predicted octanol–water partition coefficient (Wildman–Crippen LogP) is 4.71. The Kier molecular flexibility index (Phi) is 7.66. The van der Waals surface area contributed by atoms with Crippen molar-refractivity contribution in [3.05, 3.63) is 84.4 Å². The van der Waals surface area contributed by atoms with E-state index in [4.69, 9.17) is 4.74 Å². The number of rotatable bonds is 4. The molecule has 0 atom stereocenters. The molecule has 0 saturated heterocycles. The van der Waals surface area contributed by atoms with Crippen LogP contribution < -0.4 is 10.1 Å². The minimum Gasteiger partial charge on any atom is -0.457 e. The van der Waals surface area contributed by atoms with Gasteiger partial charge in [0, 0.05) is 38.3 Å². The van der Waals surface area contributed by atoms with E-state index in [-0.39, 0.29) is 11.7 Å². The van der Waals surface area contributed by atoms with Gasteiger partial charge in [0.15, 0.2) is 0 Å². The van der Waals surface area contributed by atoms with Crippen molar-refractivity contribution in [2.45, 2.75) is 6.92 Å². The molecule has 0 aliphatic heterocycles. The highest BCUT2D eigenvalue weighted by Crippen LogP contribution is 2.22. The fraction of sp³-hybridized carbons (Fsp3) is 0.0952. The number of carbonyl (C=O) groups is 1. The maximum atomic E-state index is 12.3. The normalized spacial score (nSPS) is 10.0.